The van der Waals surface area contributed by atoms with Crippen molar-refractivity contribution < 1.29 is 9.59 Å². The van der Waals surface area contributed by atoms with Gasteiger partial charge in [0.05, 0.1) is 0 Å². The quantitative estimate of drug-likeness (QED) is 0.740. The normalized spacial score (nSPS) is 19.6. The number of anilines is 1. The molecule has 0 aliphatic carbocycles. The van der Waals surface area contributed by atoms with Crippen LogP contribution in [0.2, 0.25) is 0 Å². The van der Waals surface area contributed by atoms with Crippen LogP contribution in [0.1, 0.15) is 33.6 Å². The maximum atomic E-state index is 11.3. The highest BCUT2D eigenvalue weighted by atomic mass is 16.1. The zero-order valence-electron chi connectivity index (χ0n) is 11.6. The summed E-state index contributed by atoms with van der Waals surface area (Å²) in [6.45, 7) is 2.01. The van der Waals surface area contributed by atoms with Gasteiger partial charge in [-0.1, -0.05) is 0 Å². The topological polar surface area (TPSA) is 101 Å². The van der Waals surface area contributed by atoms with Crippen molar-refractivity contribution in [2.24, 2.45) is 11.5 Å². The number of benzene rings is 1. The molecule has 1 atom stereocenters. The Hall–Kier alpha value is -2.08. The van der Waals surface area contributed by atoms with Crippen LogP contribution in [0.25, 0.3) is 0 Å². The number of likely N-dealkylation sites (N-methyl/N-ethyl adjacent to an activating group) is 1. The monoisotopic (exact) mass is 276 g/mol. The molecule has 6 nitrogen and oxygen atoms in total. The standard InChI is InChI=1S/C14H20N4O2/c1-18-4-2-3-11(8-18)17-12-6-9(13(15)19)5-10(7-12)14(16)20/h5-7,11,17H,2-4,8H2,1H3,(H2,15,19)(H2,16,20). The fourth-order valence-electron chi connectivity index (χ4n) is 2.52. The molecule has 0 aromatic heterocycles. The second kappa shape index (κ2) is 5.92. The van der Waals surface area contributed by atoms with Gasteiger partial charge in [0.25, 0.3) is 0 Å². The van der Waals surface area contributed by atoms with Gasteiger partial charge in [0.1, 0.15) is 0 Å². The number of primary amides is 2. The van der Waals surface area contributed by atoms with Gasteiger partial charge >= 0.3 is 0 Å². The molecule has 20 heavy (non-hydrogen) atoms. The lowest BCUT2D eigenvalue weighted by molar-refractivity contribution is 0.0999. The van der Waals surface area contributed by atoms with Crippen molar-refractivity contribution >= 4 is 17.5 Å². The molecule has 5 N–H and O–H groups in total. The van der Waals surface area contributed by atoms with Gasteiger partial charge in [-0.05, 0) is 44.6 Å². The zero-order valence-corrected chi connectivity index (χ0v) is 11.6. The summed E-state index contributed by atoms with van der Waals surface area (Å²) in [5, 5.41) is 3.34. The van der Waals surface area contributed by atoms with E-state index in [9.17, 15) is 9.59 Å². The summed E-state index contributed by atoms with van der Waals surface area (Å²) in [5.74, 6) is -1.14. The molecule has 0 radical (unpaired) electrons. The Morgan fingerprint density at radius 2 is 1.80 bits per heavy atom. The van der Waals surface area contributed by atoms with Crippen molar-refractivity contribution in [3.05, 3.63) is 29.3 Å². The second-order valence-electron chi connectivity index (χ2n) is 5.27. The summed E-state index contributed by atoms with van der Waals surface area (Å²) >= 11 is 0. The molecule has 0 spiro atoms. The van der Waals surface area contributed by atoms with E-state index in [0.29, 0.717) is 5.69 Å². The maximum absolute atomic E-state index is 11.3. The van der Waals surface area contributed by atoms with E-state index < -0.39 is 11.8 Å². The first kappa shape index (κ1) is 14.3. The van der Waals surface area contributed by atoms with Gasteiger partial charge in [-0.3, -0.25) is 9.59 Å². The SMILES string of the molecule is CN1CCCC(Nc2cc(C(N)=O)cc(C(N)=O)c2)C1. The van der Waals surface area contributed by atoms with Gasteiger partial charge in [-0.25, -0.2) is 0 Å². The van der Waals surface area contributed by atoms with Crippen LogP contribution >= 0.6 is 0 Å². The van der Waals surface area contributed by atoms with Crippen LogP contribution in [-0.2, 0) is 0 Å². The molecule has 1 unspecified atom stereocenters. The number of rotatable bonds is 4. The van der Waals surface area contributed by atoms with Crippen molar-refractivity contribution in [1.82, 2.24) is 4.90 Å². The number of likely N-dealkylation sites (tertiary alicyclic amines) is 1. The Bertz CT molecular complexity index is 498. The Morgan fingerprint density at radius 1 is 1.20 bits per heavy atom. The van der Waals surface area contributed by atoms with Crippen LogP contribution in [0, 0.1) is 0 Å². The van der Waals surface area contributed by atoms with E-state index in [4.69, 9.17) is 11.5 Å². The van der Waals surface area contributed by atoms with E-state index >= 15 is 0 Å². The van der Waals surface area contributed by atoms with Crippen molar-refractivity contribution in [2.45, 2.75) is 18.9 Å². The Kier molecular flexibility index (Phi) is 4.24. The number of carbonyl (C=O) groups is 2. The number of nitrogens with zero attached hydrogens (tertiary/aromatic N) is 1. The van der Waals surface area contributed by atoms with Gasteiger partial charge in [-0.15, -0.1) is 0 Å². The number of hydrogen-bond donors (Lipinski definition) is 3. The van der Waals surface area contributed by atoms with Gasteiger partial charge in [0.15, 0.2) is 0 Å². The first-order valence-corrected chi connectivity index (χ1v) is 6.65. The Labute approximate surface area is 118 Å². The molecule has 2 rings (SSSR count). The molecule has 2 amide bonds. The van der Waals surface area contributed by atoms with E-state index in [1.807, 2.05) is 0 Å². The van der Waals surface area contributed by atoms with Gasteiger partial charge in [0, 0.05) is 29.4 Å². The number of nitrogens with two attached hydrogens (primary N) is 2. The highest BCUT2D eigenvalue weighted by molar-refractivity contribution is 5.99. The maximum Gasteiger partial charge on any atom is 0.248 e. The molecule has 0 saturated carbocycles. The predicted octanol–water partition coefficient (Wildman–Crippen LogP) is 0.391. The van der Waals surface area contributed by atoms with E-state index in [-0.39, 0.29) is 17.2 Å². The smallest absolute Gasteiger partial charge is 0.248 e. The minimum atomic E-state index is -0.572. The molecule has 108 valence electrons. The molecule has 1 heterocycles. The van der Waals surface area contributed by atoms with Crippen LogP contribution < -0.4 is 16.8 Å². The van der Waals surface area contributed by atoms with E-state index in [0.717, 1.165) is 25.9 Å². The fourth-order valence-corrected chi connectivity index (χ4v) is 2.52. The van der Waals surface area contributed by atoms with Crippen LogP contribution in [-0.4, -0.2) is 42.9 Å². The third-order valence-corrected chi connectivity index (χ3v) is 3.50. The highest BCUT2D eigenvalue weighted by Gasteiger charge is 2.18. The van der Waals surface area contributed by atoms with Gasteiger partial charge in [0.2, 0.25) is 11.8 Å². The zero-order chi connectivity index (χ0) is 14.7. The lowest BCUT2D eigenvalue weighted by Gasteiger charge is -2.31. The molecule has 1 saturated heterocycles. The van der Waals surface area contributed by atoms with Crippen LogP contribution in [0.5, 0.6) is 0 Å². The average molecular weight is 276 g/mol. The predicted molar refractivity (Wildman–Crippen MR) is 77.6 cm³/mol. The first-order chi connectivity index (χ1) is 9.45. The van der Waals surface area contributed by atoms with Crippen molar-refractivity contribution in [3.8, 4) is 0 Å². The molecule has 1 aromatic carbocycles. The molecule has 1 aliphatic heterocycles. The number of amides is 2. The van der Waals surface area contributed by atoms with E-state index in [1.54, 1.807) is 12.1 Å². The lowest BCUT2D eigenvalue weighted by atomic mass is 10.0. The average Bonchev–Trinajstić information content (AvgIpc) is 2.38. The highest BCUT2D eigenvalue weighted by Crippen LogP contribution is 2.19. The minimum absolute atomic E-state index is 0.285. The summed E-state index contributed by atoms with van der Waals surface area (Å²) in [7, 11) is 2.07. The molecular formula is C14H20N4O2. The molecule has 6 heteroatoms. The number of carbonyl (C=O) groups excluding carboxylic acids is 2. The lowest BCUT2D eigenvalue weighted by Crippen LogP contribution is -2.39. The largest absolute Gasteiger partial charge is 0.381 e. The Balaban J connectivity index is 2.21. The molecular weight excluding hydrogens is 256 g/mol. The minimum Gasteiger partial charge on any atom is -0.381 e. The fraction of sp³-hybridized carbons (Fsp3) is 0.429. The summed E-state index contributed by atoms with van der Waals surface area (Å²) in [4.78, 5) is 24.9. The van der Waals surface area contributed by atoms with Crippen LogP contribution in [0.4, 0.5) is 5.69 Å². The third kappa shape index (κ3) is 3.48. The van der Waals surface area contributed by atoms with E-state index in [1.165, 1.54) is 6.07 Å². The number of hydrogen-bond acceptors (Lipinski definition) is 4. The van der Waals surface area contributed by atoms with Crippen molar-refractivity contribution in [2.75, 3.05) is 25.5 Å². The summed E-state index contributed by atoms with van der Waals surface area (Å²) in [6.07, 6.45) is 2.17. The van der Waals surface area contributed by atoms with Crippen molar-refractivity contribution in [3.63, 3.8) is 0 Å². The second-order valence-corrected chi connectivity index (χ2v) is 5.27. The molecule has 1 aliphatic rings. The number of piperidine rings is 1. The Morgan fingerprint density at radius 3 is 2.30 bits per heavy atom. The van der Waals surface area contributed by atoms with Gasteiger partial charge in [-0.2, -0.15) is 0 Å². The number of nitrogens with one attached hydrogen (secondary N) is 1. The summed E-state index contributed by atoms with van der Waals surface area (Å²) in [6, 6.07) is 5.02. The first-order valence-electron chi connectivity index (χ1n) is 6.65. The molecule has 1 fully saturated rings. The van der Waals surface area contributed by atoms with Gasteiger partial charge < -0.3 is 21.7 Å². The van der Waals surface area contributed by atoms with Crippen LogP contribution in [0.15, 0.2) is 18.2 Å². The molecule has 0 bridgehead atoms. The molecule has 1 aromatic rings. The summed E-state index contributed by atoms with van der Waals surface area (Å²) in [5.41, 5.74) is 11.8. The third-order valence-electron chi connectivity index (χ3n) is 3.50. The van der Waals surface area contributed by atoms with Crippen LogP contribution in [0.3, 0.4) is 0 Å². The summed E-state index contributed by atoms with van der Waals surface area (Å²) < 4.78 is 0. The van der Waals surface area contributed by atoms with Crippen molar-refractivity contribution in [1.29, 1.82) is 0 Å². The van der Waals surface area contributed by atoms with E-state index in [2.05, 4.69) is 17.3 Å².